The van der Waals surface area contributed by atoms with Crippen LogP contribution in [0.2, 0.25) is 0 Å². The van der Waals surface area contributed by atoms with Crippen LogP contribution in [0.3, 0.4) is 0 Å². The minimum atomic E-state index is -0.808. The third-order valence-electron chi connectivity index (χ3n) is 4.20. The minimum absolute atomic E-state index is 0.121. The van der Waals surface area contributed by atoms with Crippen molar-refractivity contribution in [1.29, 1.82) is 0 Å². The van der Waals surface area contributed by atoms with Crippen LogP contribution in [0, 0.1) is 11.7 Å². The number of amides is 1. The number of hydrogen-bond donors (Lipinski definition) is 2. The van der Waals surface area contributed by atoms with E-state index in [1.807, 2.05) is 0 Å². The number of aliphatic hydroxyl groups is 1. The summed E-state index contributed by atoms with van der Waals surface area (Å²) in [5.41, 5.74) is 1.29. The van der Waals surface area contributed by atoms with Crippen LogP contribution in [0.5, 0.6) is 5.75 Å². The van der Waals surface area contributed by atoms with E-state index in [0.717, 1.165) is 0 Å². The molecule has 1 amide bonds. The molecule has 134 valence electrons. The van der Waals surface area contributed by atoms with Crippen molar-refractivity contribution in [3.8, 4) is 5.75 Å². The summed E-state index contributed by atoms with van der Waals surface area (Å²) in [6.07, 6.45) is 0.236. The lowest BCUT2D eigenvalue weighted by Crippen LogP contribution is -2.33. The summed E-state index contributed by atoms with van der Waals surface area (Å²) >= 11 is 0. The molecular weight excluding hydrogens is 321 g/mol. The maximum atomic E-state index is 13.6. The monoisotopic (exact) mass is 345 g/mol. The van der Waals surface area contributed by atoms with E-state index in [-0.39, 0.29) is 24.2 Å². The lowest BCUT2D eigenvalue weighted by molar-refractivity contribution is -0.125. The lowest BCUT2D eigenvalue weighted by atomic mass is 10.00. The Balaban J connectivity index is 1.81. The fraction of sp³-hybridized carbons (Fsp3) is 0.350. The molecule has 0 saturated carbocycles. The smallest absolute Gasteiger partial charge is 0.222 e. The lowest BCUT2D eigenvalue weighted by Gasteiger charge is -2.16. The molecule has 0 bridgehead atoms. The van der Waals surface area contributed by atoms with E-state index in [2.05, 4.69) is 5.32 Å². The average molecular weight is 345 g/mol. The van der Waals surface area contributed by atoms with Crippen molar-refractivity contribution < 1.29 is 19.0 Å². The van der Waals surface area contributed by atoms with Gasteiger partial charge in [-0.3, -0.25) is 4.79 Å². The molecule has 2 rings (SSSR count). The van der Waals surface area contributed by atoms with E-state index >= 15 is 0 Å². The largest absolute Gasteiger partial charge is 0.497 e. The Morgan fingerprint density at radius 2 is 2.00 bits per heavy atom. The number of benzene rings is 2. The number of nitrogens with one attached hydrogen (secondary N) is 1. The number of carbonyl (C=O) groups is 1. The normalized spacial score (nSPS) is 13.1. The maximum absolute atomic E-state index is 13.6. The van der Waals surface area contributed by atoms with E-state index in [1.165, 1.54) is 6.07 Å². The van der Waals surface area contributed by atoms with Crippen molar-refractivity contribution in [2.45, 2.75) is 25.9 Å². The van der Waals surface area contributed by atoms with Gasteiger partial charge in [0.1, 0.15) is 11.6 Å². The summed E-state index contributed by atoms with van der Waals surface area (Å²) in [4.78, 5) is 12.2. The molecule has 5 heteroatoms. The van der Waals surface area contributed by atoms with E-state index in [4.69, 9.17) is 4.74 Å². The molecule has 0 aromatic heterocycles. The Labute approximate surface area is 147 Å². The molecule has 2 N–H and O–H groups in total. The van der Waals surface area contributed by atoms with Crippen LogP contribution >= 0.6 is 0 Å². The van der Waals surface area contributed by atoms with E-state index in [9.17, 15) is 14.3 Å². The third-order valence-corrected chi connectivity index (χ3v) is 4.20. The van der Waals surface area contributed by atoms with Crippen molar-refractivity contribution in [2.75, 3.05) is 13.7 Å². The van der Waals surface area contributed by atoms with Crippen LogP contribution in [0.1, 0.15) is 30.6 Å². The summed E-state index contributed by atoms with van der Waals surface area (Å²) < 4.78 is 18.7. The number of halogens is 1. The van der Waals surface area contributed by atoms with Gasteiger partial charge in [0.15, 0.2) is 0 Å². The highest BCUT2D eigenvalue weighted by molar-refractivity contribution is 5.78. The van der Waals surface area contributed by atoms with Gasteiger partial charge in [-0.15, -0.1) is 0 Å². The van der Waals surface area contributed by atoms with Gasteiger partial charge < -0.3 is 15.2 Å². The van der Waals surface area contributed by atoms with Gasteiger partial charge in [0, 0.05) is 12.5 Å². The number of methoxy groups -OCH3 is 1. The number of rotatable bonds is 8. The highest BCUT2D eigenvalue weighted by Gasteiger charge is 2.16. The number of aryl methyl sites for hydroxylation is 1. The van der Waals surface area contributed by atoms with Crippen molar-refractivity contribution in [2.24, 2.45) is 5.92 Å². The predicted octanol–water partition coefficient (Wildman–Crippen LogP) is 3.25. The van der Waals surface area contributed by atoms with E-state index < -0.39 is 6.10 Å². The van der Waals surface area contributed by atoms with Gasteiger partial charge >= 0.3 is 0 Å². The summed E-state index contributed by atoms with van der Waals surface area (Å²) in [7, 11) is 1.56. The van der Waals surface area contributed by atoms with E-state index in [1.54, 1.807) is 56.5 Å². The van der Waals surface area contributed by atoms with Crippen molar-refractivity contribution in [1.82, 2.24) is 5.32 Å². The summed E-state index contributed by atoms with van der Waals surface area (Å²) in [5.74, 6) is -0.0138. The standard InChI is InChI=1S/C20H24FNO3/c1-14(10-11-15-6-3-4-9-18(15)21)20(24)22-13-19(23)16-7-5-8-17(12-16)25-2/h3-9,12,14,19,23H,10-11,13H2,1-2H3,(H,22,24). The number of hydrogen-bond acceptors (Lipinski definition) is 3. The van der Waals surface area contributed by atoms with Gasteiger partial charge in [-0.25, -0.2) is 4.39 Å². The average Bonchev–Trinajstić information content (AvgIpc) is 2.64. The zero-order valence-electron chi connectivity index (χ0n) is 14.5. The minimum Gasteiger partial charge on any atom is -0.497 e. The highest BCUT2D eigenvalue weighted by atomic mass is 19.1. The van der Waals surface area contributed by atoms with Crippen molar-refractivity contribution in [3.05, 3.63) is 65.5 Å². The first-order valence-corrected chi connectivity index (χ1v) is 8.34. The molecule has 0 heterocycles. The molecule has 0 radical (unpaired) electrons. The molecule has 0 fully saturated rings. The summed E-state index contributed by atoms with van der Waals surface area (Å²) in [5, 5.41) is 12.9. The molecule has 0 aliphatic rings. The first-order chi connectivity index (χ1) is 12.0. The number of carbonyl (C=O) groups excluding carboxylic acids is 1. The third kappa shape index (κ3) is 5.57. The molecule has 25 heavy (non-hydrogen) atoms. The fourth-order valence-corrected chi connectivity index (χ4v) is 2.54. The Bertz CT molecular complexity index is 705. The Kier molecular flexibility index (Phi) is 6.95. The Morgan fingerprint density at radius 3 is 2.72 bits per heavy atom. The molecule has 0 aliphatic heterocycles. The molecular formula is C20H24FNO3. The first kappa shape index (κ1) is 18.9. The van der Waals surface area contributed by atoms with E-state index in [0.29, 0.717) is 29.7 Å². The van der Waals surface area contributed by atoms with Crippen LogP contribution in [-0.2, 0) is 11.2 Å². The molecule has 0 aliphatic carbocycles. The summed E-state index contributed by atoms with van der Waals surface area (Å²) in [6.45, 7) is 1.92. The number of aliphatic hydroxyl groups excluding tert-OH is 1. The molecule has 4 nitrogen and oxygen atoms in total. The molecule has 2 aromatic rings. The van der Waals surface area contributed by atoms with Crippen LogP contribution < -0.4 is 10.1 Å². The van der Waals surface area contributed by atoms with Crippen LogP contribution in [0.4, 0.5) is 4.39 Å². The van der Waals surface area contributed by atoms with Gasteiger partial charge in [-0.05, 0) is 42.2 Å². The zero-order valence-corrected chi connectivity index (χ0v) is 14.5. The fourth-order valence-electron chi connectivity index (χ4n) is 2.54. The van der Waals surface area contributed by atoms with Gasteiger partial charge in [0.25, 0.3) is 0 Å². The van der Waals surface area contributed by atoms with Crippen molar-refractivity contribution in [3.63, 3.8) is 0 Å². The molecule has 0 saturated heterocycles. The first-order valence-electron chi connectivity index (χ1n) is 8.34. The second-order valence-corrected chi connectivity index (χ2v) is 6.07. The van der Waals surface area contributed by atoms with Gasteiger partial charge in [-0.1, -0.05) is 37.3 Å². The summed E-state index contributed by atoms with van der Waals surface area (Å²) in [6, 6.07) is 13.7. The second-order valence-electron chi connectivity index (χ2n) is 6.07. The quantitative estimate of drug-likeness (QED) is 0.772. The van der Waals surface area contributed by atoms with Gasteiger partial charge in [-0.2, -0.15) is 0 Å². The topological polar surface area (TPSA) is 58.6 Å². The molecule has 2 aromatic carbocycles. The Morgan fingerprint density at radius 1 is 1.24 bits per heavy atom. The van der Waals surface area contributed by atoms with Crippen LogP contribution in [0.25, 0.3) is 0 Å². The number of ether oxygens (including phenoxy) is 1. The maximum Gasteiger partial charge on any atom is 0.222 e. The van der Waals surface area contributed by atoms with Crippen LogP contribution in [-0.4, -0.2) is 24.7 Å². The Hall–Kier alpha value is -2.40. The molecule has 2 unspecified atom stereocenters. The highest BCUT2D eigenvalue weighted by Crippen LogP contribution is 2.19. The molecule has 0 spiro atoms. The van der Waals surface area contributed by atoms with Crippen LogP contribution in [0.15, 0.2) is 48.5 Å². The SMILES string of the molecule is COc1cccc(C(O)CNC(=O)C(C)CCc2ccccc2F)c1. The predicted molar refractivity (Wildman–Crippen MR) is 94.8 cm³/mol. The van der Waals surface area contributed by atoms with Crippen molar-refractivity contribution >= 4 is 5.91 Å². The zero-order chi connectivity index (χ0) is 18.2. The van der Waals surface area contributed by atoms with Gasteiger partial charge in [0.2, 0.25) is 5.91 Å². The van der Waals surface area contributed by atoms with Gasteiger partial charge in [0.05, 0.1) is 13.2 Å². The molecule has 2 atom stereocenters. The second kappa shape index (κ2) is 9.18.